The number of nitrogens with zero attached hydrogens (tertiary/aromatic N) is 2. The molecular formula is C38H28N2S4. The van der Waals surface area contributed by atoms with Crippen molar-refractivity contribution >= 4 is 127 Å². The molecule has 10 aromatic rings. The first-order valence-corrected chi connectivity index (χ1v) is 18.7. The van der Waals surface area contributed by atoms with E-state index in [0.29, 0.717) is 0 Å². The Morgan fingerprint density at radius 3 is 0.909 bits per heavy atom. The van der Waals surface area contributed by atoms with Crippen LogP contribution in [0.3, 0.4) is 0 Å². The lowest BCUT2D eigenvalue weighted by atomic mass is 10.1. The van der Waals surface area contributed by atoms with E-state index in [0.717, 1.165) is 13.1 Å². The topological polar surface area (TPSA) is 9.86 Å². The van der Waals surface area contributed by atoms with Crippen molar-refractivity contribution in [3.63, 3.8) is 0 Å². The SMILES string of the molecule is c1ccc2c(c1)sc1c3sc4ccccc4c3n(CCCCCCn3c4c5ccccc5sc4c4sc5ccccc5c43)c21. The number of hydrogen-bond acceptors (Lipinski definition) is 4. The summed E-state index contributed by atoms with van der Waals surface area (Å²) in [6, 6.07) is 35.9. The molecule has 0 aliphatic heterocycles. The van der Waals surface area contributed by atoms with Crippen LogP contribution >= 0.6 is 45.3 Å². The van der Waals surface area contributed by atoms with Crippen LogP contribution in [0.4, 0.5) is 0 Å². The van der Waals surface area contributed by atoms with Crippen LogP contribution < -0.4 is 0 Å². The monoisotopic (exact) mass is 640 g/mol. The number of unbranched alkanes of at least 4 members (excludes halogenated alkanes) is 3. The number of fused-ring (bicyclic) bond motifs is 14. The Balaban J connectivity index is 0.959. The minimum Gasteiger partial charge on any atom is -0.338 e. The number of benzene rings is 4. The average molecular weight is 641 g/mol. The summed E-state index contributed by atoms with van der Waals surface area (Å²) < 4.78 is 16.8. The first kappa shape index (κ1) is 25.6. The van der Waals surface area contributed by atoms with Crippen molar-refractivity contribution in [1.82, 2.24) is 9.13 Å². The van der Waals surface area contributed by atoms with Gasteiger partial charge in [0.15, 0.2) is 0 Å². The van der Waals surface area contributed by atoms with Gasteiger partial charge in [-0.1, -0.05) is 85.6 Å². The van der Waals surface area contributed by atoms with Crippen LogP contribution in [0, 0.1) is 0 Å². The molecule has 0 atom stereocenters. The number of aryl methyl sites for hydroxylation is 2. The molecule has 0 aliphatic rings. The molecule has 0 saturated heterocycles. The Bertz CT molecular complexity index is 2320. The number of rotatable bonds is 7. The van der Waals surface area contributed by atoms with Crippen molar-refractivity contribution in [2.24, 2.45) is 0 Å². The Hall–Kier alpha value is -3.68. The van der Waals surface area contributed by atoms with Gasteiger partial charge in [0.25, 0.3) is 0 Å². The van der Waals surface area contributed by atoms with E-state index in [1.54, 1.807) is 0 Å². The van der Waals surface area contributed by atoms with Gasteiger partial charge in [-0.15, -0.1) is 45.3 Å². The molecule has 0 amide bonds. The number of hydrogen-bond donors (Lipinski definition) is 0. The highest BCUT2D eigenvalue weighted by Crippen LogP contribution is 2.48. The minimum atomic E-state index is 1.07. The summed E-state index contributed by atoms with van der Waals surface area (Å²) in [4.78, 5) is 0. The lowest BCUT2D eigenvalue weighted by molar-refractivity contribution is 0.560. The molecule has 0 N–H and O–H groups in total. The fourth-order valence-corrected chi connectivity index (χ4v) is 12.5. The van der Waals surface area contributed by atoms with Gasteiger partial charge in [0.05, 0.1) is 40.9 Å². The highest BCUT2D eigenvalue weighted by atomic mass is 32.1. The Morgan fingerprint density at radius 1 is 0.341 bits per heavy atom. The van der Waals surface area contributed by atoms with Gasteiger partial charge in [-0.2, -0.15) is 0 Å². The number of aromatic nitrogens is 2. The summed E-state index contributed by atoms with van der Waals surface area (Å²) in [5.41, 5.74) is 5.79. The van der Waals surface area contributed by atoms with Crippen molar-refractivity contribution < 1.29 is 0 Å². The van der Waals surface area contributed by atoms with E-state index < -0.39 is 0 Å². The summed E-state index contributed by atoms with van der Waals surface area (Å²) in [6.07, 6.45) is 4.89. The van der Waals surface area contributed by atoms with Gasteiger partial charge in [-0.05, 0) is 37.1 Å². The normalized spacial score (nSPS) is 12.6. The van der Waals surface area contributed by atoms with E-state index >= 15 is 0 Å². The quantitative estimate of drug-likeness (QED) is 0.153. The maximum Gasteiger partial charge on any atom is 0.0714 e. The second-order valence-corrected chi connectivity index (χ2v) is 16.0. The maximum atomic E-state index is 2.66. The smallest absolute Gasteiger partial charge is 0.0714 e. The molecule has 0 saturated carbocycles. The predicted molar refractivity (Wildman–Crippen MR) is 199 cm³/mol. The molecule has 214 valence electrons. The third-order valence-electron chi connectivity index (χ3n) is 9.28. The van der Waals surface area contributed by atoms with Crippen molar-refractivity contribution in [2.45, 2.75) is 38.8 Å². The molecule has 6 aromatic heterocycles. The van der Waals surface area contributed by atoms with Gasteiger partial charge in [0.2, 0.25) is 0 Å². The summed E-state index contributed by atoms with van der Waals surface area (Å²) >= 11 is 7.86. The van der Waals surface area contributed by atoms with Crippen molar-refractivity contribution in [3.8, 4) is 0 Å². The third-order valence-corrected chi connectivity index (χ3v) is 14.3. The average Bonchev–Trinajstić information content (AvgIpc) is 3.88. The molecule has 0 unspecified atom stereocenters. The van der Waals surface area contributed by atoms with E-state index in [2.05, 4.69) is 106 Å². The Morgan fingerprint density at radius 2 is 0.614 bits per heavy atom. The van der Waals surface area contributed by atoms with E-state index in [-0.39, 0.29) is 0 Å². The van der Waals surface area contributed by atoms with E-state index in [9.17, 15) is 0 Å². The molecule has 4 aromatic carbocycles. The van der Waals surface area contributed by atoms with Crippen LogP contribution in [0.25, 0.3) is 81.2 Å². The zero-order valence-corrected chi connectivity index (χ0v) is 27.3. The third kappa shape index (κ3) is 3.63. The van der Waals surface area contributed by atoms with Gasteiger partial charge in [0, 0.05) is 53.4 Å². The zero-order valence-electron chi connectivity index (χ0n) is 24.0. The largest absolute Gasteiger partial charge is 0.338 e. The summed E-state index contributed by atoms with van der Waals surface area (Å²) in [5, 5.41) is 5.64. The van der Waals surface area contributed by atoms with E-state index in [1.807, 2.05) is 45.3 Å². The van der Waals surface area contributed by atoms with Crippen LogP contribution in [-0.2, 0) is 13.1 Å². The molecule has 0 fully saturated rings. The van der Waals surface area contributed by atoms with Gasteiger partial charge in [0.1, 0.15) is 0 Å². The first-order chi connectivity index (χ1) is 21.8. The molecule has 0 spiro atoms. The Labute approximate surface area is 270 Å². The van der Waals surface area contributed by atoms with Crippen LogP contribution in [0.5, 0.6) is 0 Å². The van der Waals surface area contributed by atoms with Gasteiger partial charge in [-0.25, -0.2) is 0 Å². The Kier molecular flexibility index (Phi) is 5.77. The molecule has 6 heterocycles. The van der Waals surface area contributed by atoms with E-state index in [4.69, 9.17) is 0 Å². The lowest BCUT2D eigenvalue weighted by Gasteiger charge is -2.10. The molecule has 0 radical (unpaired) electrons. The highest BCUT2D eigenvalue weighted by Gasteiger charge is 2.22. The van der Waals surface area contributed by atoms with Gasteiger partial charge < -0.3 is 9.13 Å². The summed E-state index contributed by atoms with van der Waals surface area (Å²) in [7, 11) is 0. The fraction of sp³-hybridized carbons (Fsp3) is 0.158. The van der Waals surface area contributed by atoms with Crippen molar-refractivity contribution in [2.75, 3.05) is 0 Å². The van der Waals surface area contributed by atoms with Gasteiger partial charge >= 0.3 is 0 Å². The van der Waals surface area contributed by atoms with Crippen molar-refractivity contribution in [3.05, 3.63) is 97.1 Å². The predicted octanol–water partition coefficient (Wildman–Crippen LogP) is 13.0. The van der Waals surface area contributed by atoms with E-state index in [1.165, 1.54) is 107 Å². The minimum absolute atomic E-state index is 1.07. The van der Waals surface area contributed by atoms with Crippen LogP contribution in [-0.4, -0.2) is 9.13 Å². The maximum absolute atomic E-state index is 2.66. The fourth-order valence-electron chi connectivity index (χ4n) is 7.38. The van der Waals surface area contributed by atoms with Crippen LogP contribution in [0.15, 0.2) is 97.1 Å². The van der Waals surface area contributed by atoms with Crippen molar-refractivity contribution in [1.29, 1.82) is 0 Å². The lowest BCUT2D eigenvalue weighted by Crippen LogP contribution is -2.00. The molecule has 0 aliphatic carbocycles. The molecule has 44 heavy (non-hydrogen) atoms. The molecule has 0 bridgehead atoms. The highest BCUT2D eigenvalue weighted by molar-refractivity contribution is 7.34. The molecule has 10 rings (SSSR count). The van der Waals surface area contributed by atoms with Crippen LogP contribution in [0.1, 0.15) is 25.7 Å². The van der Waals surface area contributed by atoms with Gasteiger partial charge in [-0.3, -0.25) is 0 Å². The molecular weight excluding hydrogens is 613 g/mol. The zero-order chi connectivity index (χ0) is 28.8. The first-order valence-electron chi connectivity index (χ1n) is 15.5. The van der Waals surface area contributed by atoms with Crippen LogP contribution in [0.2, 0.25) is 0 Å². The summed E-state index contributed by atoms with van der Waals surface area (Å²) in [6.45, 7) is 2.15. The second-order valence-electron chi connectivity index (χ2n) is 11.8. The second kappa shape index (κ2) is 9.91. The molecule has 6 heteroatoms. The molecule has 2 nitrogen and oxygen atoms in total. The summed E-state index contributed by atoms with van der Waals surface area (Å²) in [5.74, 6) is 0. The standard InChI is InChI=1S/C38H28N2S4/c1(11-21-39-31-23-13-3-7-17-27(23)41-35(31)36-32(39)24-14-4-8-18-28(24)42-36)2-12-22-40-33-25-15-5-9-19-29(25)43-37(33)38-34(40)26-16-6-10-20-30(26)44-38/h3-10,13-20H,1-2,11-12,21-22H2. The number of thiophene rings is 4.